The number of anilines is 1. The molecule has 0 heterocycles. The fourth-order valence-electron chi connectivity index (χ4n) is 1.83. The second kappa shape index (κ2) is 9.15. The zero-order chi connectivity index (χ0) is 18.2. The first-order valence-electron chi connectivity index (χ1n) is 8.18. The van der Waals surface area contributed by atoms with E-state index in [1.165, 1.54) is 4.90 Å². The van der Waals surface area contributed by atoms with Gasteiger partial charge >= 0.3 is 12.0 Å². The highest BCUT2D eigenvalue weighted by molar-refractivity contribution is 5.91. The number of hydrogen-bond donors (Lipinski definition) is 1. The van der Waals surface area contributed by atoms with Crippen LogP contribution in [0.3, 0.4) is 0 Å². The summed E-state index contributed by atoms with van der Waals surface area (Å²) < 4.78 is 10.8. The summed E-state index contributed by atoms with van der Waals surface area (Å²) in [5, 5.41) is 2.73. The van der Waals surface area contributed by atoms with Gasteiger partial charge in [-0.1, -0.05) is 13.3 Å². The molecule has 134 valence electrons. The molecule has 1 N–H and O–H groups in total. The fraction of sp³-hybridized carbons (Fsp3) is 0.556. The van der Waals surface area contributed by atoms with Gasteiger partial charge in [0.25, 0.3) is 0 Å². The summed E-state index contributed by atoms with van der Waals surface area (Å²) in [4.78, 5) is 25.1. The Morgan fingerprint density at radius 1 is 1.17 bits per heavy atom. The molecule has 0 aliphatic heterocycles. The summed E-state index contributed by atoms with van der Waals surface area (Å²) in [5.74, 6) is 0.323. The lowest BCUT2D eigenvalue weighted by Crippen LogP contribution is -2.38. The first-order valence-corrected chi connectivity index (χ1v) is 8.18. The molecule has 24 heavy (non-hydrogen) atoms. The van der Waals surface area contributed by atoms with Gasteiger partial charge in [0.1, 0.15) is 17.9 Å². The minimum Gasteiger partial charge on any atom is -0.494 e. The van der Waals surface area contributed by atoms with Crippen LogP contribution in [0.4, 0.5) is 10.5 Å². The predicted molar refractivity (Wildman–Crippen MR) is 94.3 cm³/mol. The van der Waals surface area contributed by atoms with Crippen molar-refractivity contribution in [2.24, 2.45) is 0 Å². The average Bonchev–Trinajstić information content (AvgIpc) is 2.47. The third kappa shape index (κ3) is 7.85. The lowest BCUT2D eigenvalue weighted by molar-refractivity contribution is -0.155. The number of nitrogens with one attached hydrogen (secondary N) is 1. The van der Waals surface area contributed by atoms with Crippen molar-refractivity contribution in [3.63, 3.8) is 0 Å². The molecule has 1 aromatic carbocycles. The molecule has 0 aromatic heterocycles. The molecule has 0 saturated carbocycles. The smallest absolute Gasteiger partial charge is 0.326 e. The third-order valence-electron chi connectivity index (χ3n) is 3.01. The van der Waals surface area contributed by atoms with E-state index in [1.54, 1.807) is 52.1 Å². The second-order valence-electron chi connectivity index (χ2n) is 6.60. The van der Waals surface area contributed by atoms with E-state index < -0.39 is 11.6 Å². The van der Waals surface area contributed by atoms with Crippen molar-refractivity contribution in [2.45, 2.75) is 46.1 Å². The molecule has 0 aliphatic rings. The van der Waals surface area contributed by atoms with Gasteiger partial charge in [0, 0.05) is 12.7 Å². The van der Waals surface area contributed by atoms with E-state index in [0.29, 0.717) is 12.3 Å². The first-order chi connectivity index (χ1) is 11.2. The second-order valence-corrected chi connectivity index (χ2v) is 6.60. The van der Waals surface area contributed by atoms with E-state index >= 15 is 0 Å². The standard InChI is InChI=1S/C18H28N2O4/c1-6-7-12-23-15-10-8-14(9-11-15)19-17(22)20(5)13-16(21)24-18(2,3)4/h8-11H,6-7,12-13H2,1-5H3,(H,19,22). The van der Waals surface area contributed by atoms with E-state index in [1.807, 2.05) is 0 Å². The number of benzene rings is 1. The zero-order valence-electron chi connectivity index (χ0n) is 15.2. The van der Waals surface area contributed by atoms with E-state index in [4.69, 9.17) is 9.47 Å². The molecular weight excluding hydrogens is 308 g/mol. The number of urea groups is 1. The van der Waals surface area contributed by atoms with Crippen LogP contribution in [-0.2, 0) is 9.53 Å². The van der Waals surface area contributed by atoms with Gasteiger partial charge in [0.2, 0.25) is 0 Å². The monoisotopic (exact) mass is 336 g/mol. The van der Waals surface area contributed by atoms with Crippen molar-refractivity contribution in [3.8, 4) is 5.75 Å². The van der Waals surface area contributed by atoms with Gasteiger partial charge in [-0.3, -0.25) is 4.79 Å². The number of ether oxygens (including phenoxy) is 2. The number of carbonyl (C=O) groups is 2. The number of unbranched alkanes of at least 4 members (excludes halogenated alkanes) is 1. The molecule has 1 aromatic rings. The van der Waals surface area contributed by atoms with E-state index in [2.05, 4.69) is 12.2 Å². The maximum atomic E-state index is 12.1. The van der Waals surface area contributed by atoms with Crippen molar-refractivity contribution in [2.75, 3.05) is 25.5 Å². The average molecular weight is 336 g/mol. The van der Waals surface area contributed by atoms with Crippen molar-refractivity contribution >= 4 is 17.7 Å². The summed E-state index contributed by atoms with van der Waals surface area (Å²) in [6.45, 7) is 8.04. The molecule has 0 aliphatic carbocycles. The molecule has 1 rings (SSSR count). The van der Waals surface area contributed by atoms with E-state index in [0.717, 1.165) is 18.6 Å². The van der Waals surface area contributed by atoms with Crippen LogP contribution in [0.5, 0.6) is 5.75 Å². The van der Waals surface area contributed by atoms with Gasteiger partial charge < -0.3 is 19.7 Å². The highest BCUT2D eigenvalue weighted by Gasteiger charge is 2.19. The van der Waals surface area contributed by atoms with Crippen LogP contribution in [0.25, 0.3) is 0 Å². The molecule has 0 radical (unpaired) electrons. The van der Waals surface area contributed by atoms with E-state index in [9.17, 15) is 9.59 Å². The van der Waals surface area contributed by atoms with Gasteiger partial charge in [0.05, 0.1) is 6.61 Å². The van der Waals surface area contributed by atoms with Gasteiger partial charge in [0.15, 0.2) is 0 Å². The number of amides is 2. The highest BCUT2D eigenvalue weighted by atomic mass is 16.6. The fourth-order valence-corrected chi connectivity index (χ4v) is 1.83. The Labute approximate surface area is 144 Å². The Kier molecular flexibility index (Phi) is 7.55. The van der Waals surface area contributed by atoms with Crippen LogP contribution in [0, 0.1) is 0 Å². The highest BCUT2D eigenvalue weighted by Crippen LogP contribution is 2.16. The lowest BCUT2D eigenvalue weighted by atomic mass is 10.2. The maximum Gasteiger partial charge on any atom is 0.326 e. The lowest BCUT2D eigenvalue weighted by Gasteiger charge is -2.22. The van der Waals surface area contributed by atoms with Gasteiger partial charge in [-0.2, -0.15) is 0 Å². The summed E-state index contributed by atoms with van der Waals surface area (Å²) in [5.41, 5.74) is 0.0704. The number of esters is 1. The molecule has 2 amide bonds. The number of carbonyl (C=O) groups excluding carboxylic acids is 2. The Balaban J connectivity index is 2.47. The van der Waals surface area contributed by atoms with Crippen LogP contribution in [0.1, 0.15) is 40.5 Å². The molecule has 0 spiro atoms. The summed E-state index contributed by atoms with van der Waals surface area (Å²) in [7, 11) is 1.54. The number of hydrogen-bond acceptors (Lipinski definition) is 4. The zero-order valence-corrected chi connectivity index (χ0v) is 15.2. The Morgan fingerprint density at radius 2 is 1.79 bits per heavy atom. The van der Waals surface area contributed by atoms with Crippen molar-refractivity contribution in [1.29, 1.82) is 0 Å². The van der Waals surface area contributed by atoms with Crippen LogP contribution in [0.15, 0.2) is 24.3 Å². The van der Waals surface area contributed by atoms with Crippen molar-refractivity contribution in [3.05, 3.63) is 24.3 Å². The molecule has 0 atom stereocenters. The summed E-state index contributed by atoms with van der Waals surface area (Å²) >= 11 is 0. The third-order valence-corrected chi connectivity index (χ3v) is 3.01. The number of likely N-dealkylation sites (N-methyl/N-ethyl adjacent to an activating group) is 1. The van der Waals surface area contributed by atoms with Crippen molar-refractivity contribution < 1.29 is 19.1 Å². The SMILES string of the molecule is CCCCOc1ccc(NC(=O)N(C)CC(=O)OC(C)(C)C)cc1. The first kappa shape index (κ1) is 19.8. The molecular formula is C18H28N2O4. The van der Waals surface area contributed by atoms with Crippen LogP contribution < -0.4 is 10.1 Å². The van der Waals surface area contributed by atoms with Crippen LogP contribution >= 0.6 is 0 Å². The minimum absolute atomic E-state index is 0.110. The van der Waals surface area contributed by atoms with Crippen LogP contribution in [-0.4, -0.2) is 42.7 Å². The topological polar surface area (TPSA) is 67.9 Å². The van der Waals surface area contributed by atoms with Gasteiger partial charge in [-0.25, -0.2) is 4.79 Å². The van der Waals surface area contributed by atoms with Gasteiger partial charge in [-0.15, -0.1) is 0 Å². The largest absolute Gasteiger partial charge is 0.494 e. The number of rotatable bonds is 7. The normalized spacial score (nSPS) is 10.9. The molecule has 0 fully saturated rings. The molecule has 6 heteroatoms. The Hall–Kier alpha value is -2.24. The molecule has 0 unspecified atom stereocenters. The summed E-state index contributed by atoms with van der Waals surface area (Å²) in [6, 6.07) is 6.76. The predicted octanol–water partition coefficient (Wildman–Crippen LogP) is 3.67. The molecule has 0 bridgehead atoms. The minimum atomic E-state index is -0.567. The maximum absolute atomic E-state index is 12.1. The summed E-state index contributed by atoms with van der Waals surface area (Å²) in [6.07, 6.45) is 2.09. The van der Waals surface area contributed by atoms with Crippen molar-refractivity contribution in [1.82, 2.24) is 4.90 Å². The van der Waals surface area contributed by atoms with Gasteiger partial charge in [-0.05, 0) is 51.5 Å². The van der Waals surface area contributed by atoms with Crippen LogP contribution in [0.2, 0.25) is 0 Å². The quantitative estimate of drug-likeness (QED) is 0.609. The Morgan fingerprint density at radius 3 is 2.33 bits per heavy atom. The molecule has 6 nitrogen and oxygen atoms in total. The Bertz CT molecular complexity index is 535. The molecule has 0 saturated heterocycles. The number of nitrogens with zero attached hydrogens (tertiary/aromatic N) is 1. The van der Waals surface area contributed by atoms with E-state index in [-0.39, 0.29) is 12.6 Å².